The van der Waals surface area contributed by atoms with Gasteiger partial charge >= 0.3 is 0 Å². The molecule has 2 aliphatic rings. The van der Waals surface area contributed by atoms with E-state index in [4.69, 9.17) is 0 Å². The molecule has 2 aliphatic heterocycles. The lowest BCUT2D eigenvalue weighted by Crippen LogP contribution is -2.58. The number of hydrogen-bond donors (Lipinski definition) is 0. The molecule has 0 radical (unpaired) electrons. The number of rotatable bonds is 2. The van der Waals surface area contributed by atoms with Gasteiger partial charge in [-0.15, -0.1) is 0 Å². The van der Waals surface area contributed by atoms with Crippen LogP contribution in [0.5, 0.6) is 0 Å². The molecule has 0 bridgehead atoms. The molecule has 0 unspecified atom stereocenters. The molecule has 3 nitrogen and oxygen atoms in total. The van der Waals surface area contributed by atoms with Gasteiger partial charge in [-0.1, -0.05) is 13.8 Å². The summed E-state index contributed by atoms with van der Waals surface area (Å²) in [6.45, 7) is 9.18. The summed E-state index contributed by atoms with van der Waals surface area (Å²) in [4.78, 5) is 15.8. The Bertz CT molecular complexity index is 213. The van der Waals surface area contributed by atoms with E-state index in [2.05, 4.69) is 18.7 Å². The second-order valence-electron chi connectivity index (χ2n) is 5.04. The quantitative estimate of drug-likeness (QED) is 0.623. The number of carbonyl (C=O) groups excluding carboxylic acids is 1. The third kappa shape index (κ3) is 1.85. The van der Waals surface area contributed by atoms with Gasteiger partial charge in [0.25, 0.3) is 0 Å². The van der Waals surface area contributed by atoms with Crippen LogP contribution in [0.3, 0.4) is 0 Å². The van der Waals surface area contributed by atoms with E-state index in [9.17, 15) is 4.79 Å². The molecule has 0 aromatic heterocycles. The van der Waals surface area contributed by atoms with E-state index in [1.165, 1.54) is 6.42 Å². The molecule has 0 N–H and O–H groups in total. The van der Waals surface area contributed by atoms with Crippen LogP contribution in [0, 0.1) is 5.41 Å². The van der Waals surface area contributed by atoms with Crippen molar-refractivity contribution in [1.29, 1.82) is 0 Å². The Hall–Kier alpha value is -0.570. The fraction of sp³-hybridized carbons (Fsp3) is 0.900. The van der Waals surface area contributed by atoms with E-state index in [1.54, 1.807) is 0 Å². The molecule has 2 fully saturated rings. The van der Waals surface area contributed by atoms with Crippen molar-refractivity contribution in [3.05, 3.63) is 0 Å². The monoisotopic (exact) mass is 182 g/mol. The van der Waals surface area contributed by atoms with Crippen LogP contribution >= 0.6 is 0 Å². The summed E-state index contributed by atoms with van der Waals surface area (Å²) in [5.41, 5.74) is 0.366. The molecule has 2 rings (SSSR count). The van der Waals surface area contributed by atoms with Crippen molar-refractivity contribution in [3.63, 3.8) is 0 Å². The van der Waals surface area contributed by atoms with Crippen LogP contribution in [-0.2, 0) is 4.79 Å². The van der Waals surface area contributed by atoms with Crippen LogP contribution in [0.25, 0.3) is 0 Å². The second-order valence-corrected chi connectivity index (χ2v) is 5.04. The molecular formula is C10H18N2O. The van der Waals surface area contributed by atoms with Crippen LogP contribution in [0.4, 0.5) is 0 Å². The average Bonchev–Trinajstić information content (AvgIpc) is 1.91. The molecule has 0 atom stereocenters. The smallest absolute Gasteiger partial charge is 0.236 e. The first-order chi connectivity index (χ1) is 6.07. The van der Waals surface area contributed by atoms with Gasteiger partial charge in [-0.3, -0.25) is 9.69 Å². The van der Waals surface area contributed by atoms with Crippen LogP contribution in [-0.4, -0.2) is 48.4 Å². The molecule has 0 aliphatic carbocycles. The molecular weight excluding hydrogens is 164 g/mol. The standard InChI is InChI=1S/C10H18N2O/c1-10(2)7-12(8-10)9(13)6-11-4-3-5-11/h3-8H2,1-2H3. The van der Waals surface area contributed by atoms with Crippen molar-refractivity contribution in [1.82, 2.24) is 9.80 Å². The molecule has 1 amide bonds. The van der Waals surface area contributed by atoms with E-state index < -0.39 is 0 Å². The van der Waals surface area contributed by atoms with Gasteiger partial charge in [-0.2, -0.15) is 0 Å². The molecule has 2 heterocycles. The van der Waals surface area contributed by atoms with Crippen LogP contribution in [0.2, 0.25) is 0 Å². The Balaban J connectivity index is 1.73. The minimum Gasteiger partial charge on any atom is -0.340 e. The Kier molecular flexibility index (Phi) is 2.06. The zero-order chi connectivity index (χ0) is 9.47. The number of likely N-dealkylation sites (tertiary alicyclic amines) is 2. The summed E-state index contributed by atoms with van der Waals surface area (Å²) in [5.74, 6) is 0.319. The minimum atomic E-state index is 0.319. The summed E-state index contributed by atoms with van der Waals surface area (Å²) in [5, 5.41) is 0. The Morgan fingerprint density at radius 3 is 2.31 bits per heavy atom. The SMILES string of the molecule is CC1(C)CN(C(=O)CN2CCC2)C1. The fourth-order valence-electron chi connectivity index (χ4n) is 1.99. The van der Waals surface area contributed by atoms with Gasteiger partial charge in [0.2, 0.25) is 5.91 Å². The number of carbonyl (C=O) groups is 1. The summed E-state index contributed by atoms with van der Waals surface area (Å²) >= 11 is 0. The molecule has 74 valence electrons. The molecule has 0 aromatic rings. The van der Waals surface area contributed by atoms with Crippen LogP contribution in [0.15, 0.2) is 0 Å². The zero-order valence-electron chi connectivity index (χ0n) is 8.55. The van der Waals surface area contributed by atoms with E-state index >= 15 is 0 Å². The number of nitrogens with zero attached hydrogens (tertiary/aromatic N) is 2. The van der Waals surface area contributed by atoms with Gasteiger partial charge in [-0.05, 0) is 24.9 Å². The Morgan fingerprint density at radius 2 is 1.92 bits per heavy atom. The average molecular weight is 182 g/mol. The van der Waals surface area contributed by atoms with E-state index in [0.717, 1.165) is 26.2 Å². The van der Waals surface area contributed by atoms with Crippen LogP contribution in [0.1, 0.15) is 20.3 Å². The normalized spacial score (nSPS) is 26.5. The lowest BCUT2D eigenvalue weighted by atomic mass is 9.84. The summed E-state index contributed by atoms with van der Waals surface area (Å²) in [7, 11) is 0. The molecule has 0 saturated carbocycles. The number of amides is 1. The highest BCUT2D eigenvalue weighted by atomic mass is 16.2. The minimum absolute atomic E-state index is 0.319. The maximum atomic E-state index is 11.6. The fourth-order valence-corrected chi connectivity index (χ4v) is 1.99. The first kappa shape index (κ1) is 9.00. The van der Waals surface area contributed by atoms with E-state index in [1.807, 2.05) is 4.90 Å². The molecule has 13 heavy (non-hydrogen) atoms. The first-order valence-corrected chi connectivity index (χ1v) is 5.07. The first-order valence-electron chi connectivity index (χ1n) is 5.07. The van der Waals surface area contributed by atoms with Gasteiger partial charge in [0.15, 0.2) is 0 Å². The largest absolute Gasteiger partial charge is 0.340 e. The Labute approximate surface area is 79.7 Å². The van der Waals surface area contributed by atoms with Crippen molar-refractivity contribution < 1.29 is 4.79 Å². The predicted molar refractivity (Wildman–Crippen MR) is 51.4 cm³/mol. The highest BCUT2D eigenvalue weighted by Gasteiger charge is 2.37. The maximum Gasteiger partial charge on any atom is 0.236 e. The maximum absolute atomic E-state index is 11.6. The lowest BCUT2D eigenvalue weighted by molar-refractivity contribution is -0.143. The van der Waals surface area contributed by atoms with E-state index in [0.29, 0.717) is 17.9 Å². The second kappa shape index (κ2) is 2.98. The third-order valence-corrected chi connectivity index (χ3v) is 2.90. The Morgan fingerprint density at radius 1 is 1.31 bits per heavy atom. The topological polar surface area (TPSA) is 23.6 Å². The van der Waals surface area contributed by atoms with Gasteiger partial charge < -0.3 is 4.90 Å². The number of hydrogen-bond acceptors (Lipinski definition) is 2. The van der Waals surface area contributed by atoms with Gasteiger partial charge in [0.1, 0.15) is 0 Å². The molecule has 3 heteroatoms. The zero-order valence-corrected chi connectivity index (χ0v) is 8.55. The molecule has 0 aromatic carbocycles. The van der Waals surface area contributed by atoms with Crippen molar-refractivity contribution in [2.75, 3.05) is 32.7 Å². The third-order valence-electron chi connectivity index (χ3n) is 2.90. The van der Waals surface area contributed by atoms with Crippen LogP contribution < -0.4 is 0 Å². The summed E-state index contributed by atoms with van der Waals surface area (Å²) in [6, 6.07) is 0. The van der Waals surface area contributed by atoms with Crippen molar-refractivity contribution in [3.8, 4) is 0 Å². The van der Waals surface area contributed by atoms with Crippen molar-refractivity contribution in [2.45, 2.75) is 20.3 Å². The highest BCUT2D eigenvalue weighted by molar-refractivity contribution is 5.79. The summed E-state index contributed by atoms with van der Waals surface area (Å²) < 4.78 is 0. The molecule has 0 spiro atoms. The van der Waals surface area contributed by atoms with Gasteiger partial charge in [0, 0.05) is 13.1 Å². The summed E-state index contributed by atoms with van der Waals surface area (Å²) in [6.07, 6.45) is 1.26. The van der Waals surface area contributed by atoms with E-state index in [-0.39, 0.29) is 0 Å². The lowest BCUT2D eigenvalue weighted by Gasteiger charge is -2.46. The highest BCUT2D eigenvalue weighted by Crippen LogP contribution is 2.28. The molecule has 2 saturated heterocycles. The predicted octanol–water partition coefficient (Wildman–Crippen LogP) is 0.560. The van der Waals surface area contributed by atoms with Crippen molar-refractivity contribution in [2.24, 2.45) is 5.41 Å². The van der Waals surface area contributed by atoms with Crippen molar-refractivity contribution >= 4 is 5.91 Å². The van der Waals surface area contributed by atoms with Gasteiger partial charge in [-0.25, -0.2) is 0 Å². The van der Waals surface area contributed by atoms with Gasteiger partial charge in [0.05, 0.1) is 6.54 Å².